The normalized spacial score (nSPS) is 11.1. The molecule has 138 valence electrons. The molecule has 4 nitrogen and oxygen atoms in total. The fourth-order valence-electron chi connectivity index (χ4n) is 2.28. The maximum atomic E-state index is 12.2. The number of allylic oxidation sites excluding steroid dienone is 1. The van der Waals surface area contributed by atoms with Crippen molar-refractivity contribution in [2.75, 3.05) is 5.32 Å². The standard InChI is InChI=1S/C20H16F2N2O2S/c1-13-2-4-15(5-3-13)18(25)10-11-23-20-24-17(12-27-20)14-6-8-16(9-7-14)26-19(21)22/h2-12,19H,1H3,(H,23,24)/b11-10+. The summed E-state index contributed by atoms with van der Waals surface area (Å²) in [5, 5.41) is 5.42. The van der Waals surface area contributed by atoms with Gasteiger partial charge in [0.25, 0.3) is 0 Å². The maximum absolute atomic E-state index is 12.2. The zero-order chi connectivity index (χ0) is 19.2. The second-order valence-electron chi connectivity index (χ2n) is 5.65. The lowest BCUT2D eigenvalue weighted by Crippen LogP contribution is -2.01. The highest BCUT2D eigenvalue weighted by Crippen LogP contribution is 2.27. The van der Waals surface area contributed by atoms with E-state index in [0.29, 0.717) is 16.4 Å². The quantitative estimate of drug-likeness (QED) is 0.429. The van der Waals surface area contributed by atoms with Crippen LogP contribution in [0.2, 0.25) is 0 Å². The third kappa shape index (κ3) is 5.21. The van der Waals surface area contributed by atoms with E-state index in [1.54, 1.807) is 30.5 Å². The van der Waals surface area contributed by atoms with Crippen molar-refractivity contribution in [3.05, 3.63) is 77.3 Å². The van der Waals surface area contributed by atoms with E-state index in [-0.39, 0.29) is 11.5 Å². The highest BCUT2D eigenvalue weighted by Gasteiger charge is 2.07. The lowest BCUT2D eigenvalue weighted by Gasteiger charge is -2.04. The number of nitrogens with one attached hydrogen (secondary N) is 1. The monoisotopic (exact) mass is 386 g/mol. The van der Waals surface area contributed by atoms with Gasteiger partial charge in [-0.1, -0.05) is 29.8 Å². The van der Waals surface area contributed by atoms with Gasteiger partial charge in [-0.2, -0.15) is 8.78 Å². The number of aromatic nitrogens is 1. The minimum atomic E-state index is -2.85. The number of rotatable bonds is 7. The average Bonchev–Trinajstić information content (AvgIpc) is 3.11. The van der Waals surface area contributed by atoms with Crippen molar-refractivity contribution in [3.63, 3.8) is 0 Å². The van der Waals surface area contributed by atoms with Crippen LogP contribution < -0.4 is 10.1 Å². The minimum Gasteiger partial charge on any atom is -0.435 e. The number of hydrogen-bond donors (Lipinski definition) is 1. The van der Waals surface area contributed by atoms with Crippen LogP contribution in [0.25, 0.3) is 11.3 Å². The predicted molar refractivity (Wildman–Crippen MR) is 102 cm³/mol. The van der Waals surface area contributed by atoms with E-state index in [4.69, 9.17) is 0 Å². The molecule has 0 saturated heterocycles. The number of nitrogens with zero attached hydrogens (tertiary/aromatic N) is 1. The highest BCUT2D eigenvalue weighted by atomic mass is 32.1. The van der Waals surface area contributed by atoms with Crippen LogP contribution in [-0.2, 0) is 0 Å². The minimum absolute atomic E-state index is 0.0971. The number of ketones is 1. The molecule has 0 saturated carbocycles. The molecule has 0 amide bonds. The SMILES string of the molecule is Cc1ccc(C(=O)/C=C/Nc2nc(-c3ccc(OC(F)F)cc3)cs2)cc1. The Labute approximate surface area is 159 Å². The van der Waals surface area contributed by atoms with Crippen molar-refractivity contribution in [2.24, 2.45) is 0 Å². The molecule has 0 radical (unpaired) electrons. The number of thiazole rings is 1. The van der Waals surface area contributed by atoms with Gasteiger partial charge in [-0.3, -0.25) is 4.79 Å². The van der Waals surface area contributed by atoms with Crippen LogP contribution in [0, 0.1) is 6.92 Å². The van der Waals surface area contributed by atoms with Crippen LogP contribution in [0.4, 0.5) is 13.9 Å². The van der Waals surface area contributed by atoms with Crippen LogP contribution >= 0.6 is 11.3 Å². The van der Waals surface area contributed by atoms with E-state index < -0.39 is 6.61 Å². The first-order valence-electron chi connectivity index (χ1n) is 8.06. The van der Waals surface area contributed by atoms with Crippen molar-refractivity contribution in [1.82, 2.24) is 4.98 Å². The Morgan fingerprint density at radius 1 is 1.15 bits per heavy atom. The molecule has 0 aliphatic rings. The van der Waals surface area contributed by atoms with Gasteiger partial charge in [0.05, 0.1) is 5.69 Å². The zero-order valence-corrected chi connectivity index (χ0v) is 15.2. The summed E-state index contributed by atoms with van der Waals surface area (Å²) < 4.78 is 28.7. The fourth-order valence-corrected chi connectivity index (χ4v) is 2.98. The van der Waals surface area contributed by atoms with Gasteiger partial charge in [-0.15, -0.1) is 11.3 Å². The summed E-state index contributed by atoms with van der Waals surface area (Å²) in [7, 11) is 0. The molecule has 0 bridgehead atoms. The lowest BCUT2D eigenvalue weighted by molar-refractivity contribution is -0.0498. The Morgan fingerprint density at radius 3 is 2.52 bits per heavy atom. The van der Waals surface area contributed by atoms with Gasteiger partial charge in [-0.25, -0.2) is 4.98 Å². The first-order chi connectivity index (χ1) is 13.0. The molecule has 3 rings (SSSR count). The number of carbonyl (C=O) groups is 1. The topological polar surface area (TPSA) is 51.2 Å². The van der Waals surface area contributed by atoms with Crippen molar-refractivity contribution in [3.8, 4) is 17.0 Å². The van der Waals surface area contributed by atoms with E-state index in [1.807, 2.05) is 24.4 Å². The van der Waals surface area contributed by atoms with Gasteiger partial charge < -0.3 is 10.1 Å². The van der Waals surface area contributed by atoms with Gasteiger partial charge in [0, 0.05) is 28.8 Å². The van der Waals surface area contributed by atoms with E-state index in [9.17, 15) is 13.6 Å². The lowest BCUT2D eigenvalue weighted by atomic mass is 10.1. The molecule has 0 unspecified atom stereocenters. The molecule has 27 heavy (non-hydrogen) atoms. The van der Waals surface area contributed by atoms with Gasteiger partial charge >= 0.3 is 6.61 Å². The Balaban J connectivity index is 1.60. The Morgan fingerprint density at radius 2 is 1.85 bits per heavy atom. The van der Waals surface area contributed by atoms with Crippen molar-refractivity contribution in [1.29, 1.82) is 0 Å². The molecular weight excluding hydrogens is 370 g/mol. The maximum Gasteiger partial charge on any atom is 0.387 e. The molecule has 1 N–H and O–H groups in total. The molecule has 1 aromatic heterocycles. The van der Waals surface area contributed by atoms with Gasteiger partial charge in [-0.05, 0) is 31.2 Å². The van der Waals surface area contributed by atoms with E-state index in [1.165, 1.54) is 29.5 Å². The van der Waals surface area contributed by atoms with E-state index in [0.717, 1.165) is 11.1 Å². The first kappa shape index (κ1) is 18.7. The highest BCUT2D eigenvalue weighted by molar-refractivity contribution is 7.14. The molecule has 0 atom stereocenters. The van der Waals surface area contributed by atoms with E-state index >= 15 is 0 Å². The van der Waals surface area contributed by atoms with Crippen LogP contribution in [0.15, 0.2) is 66.2 Å². The van der Waals surface area contributed by atoms with Crippen LogP contribution in [0.5, 0.6) is 5.75 Å². The molecule has 0 aliphatic carbocycles. The van der Waals surface area contributed by atoms with Crippen LogP contribution in [-0.4, -0.2) is 17.4 Å². The molecule has 1 heterocycles. The molecule has 0 aliphatic heterocycles. The molecule has 3 aromatic rings. The van der Waals surface area contributed by atoms with Crippen LogP contribution in [0.3, 0.4) is 0 Å². The number of ether oxygens (including phenoxy) is 1. The van der Waals surface area contributed by atoms with E-state index in [2.05, 4.69) is 15.0 Å². The van der Waals surface area contributed by atoms with Crippen LogP contribution in [0.1, 0.15) is 15.9 Å². The Kier molecular flexibility index (Phi) is 5.93. The predicted octanol–water partition coefficient (Wildman–Crippen LogP) is 5.53. The molecular formula is C20H16F2N2O2S. The number of carbonyl (C=O) groups excluding carboxylic acids is 1. The number of aryl methyl sites for hydroxylation is 1. The number of anilines is 1. The largest absolute Gasteiger partial charge is 0.435 e. The van der Waals surface area contributed by atoms with Gasteiger partial charge in [0.1, 0.15) is 5.75 Å². The molecule has 0 fully saturated rings. The fraction of sp³-hybridized carbons (Fsp3) is 0.100. The summed E-state index contributed by atoms with van der Waals surface area (Å²) in [4.78, 5) is 16.5. The van der Waals surface area contributed by atoms with Crippen molar-refractivity contribution in [2.45, 2.75) is 13.5 Å². The number of halogens is 2. The van der Waals surface area contributed by atoms with Crippen molar-refractivity contribution < 1.29 is 18.3 Å². The second kappa shape index (κ2) is 8.55. The summed E-state index contributed by atoms with van der Waals surface area (Å²) in [6, 6.07) is 13.6. The summed E-state index contributed by atoms with van der Waals surface area (Å²) in [5.41, 5.74) is 3.19. The smallest absolute Gasteiger partial charge is 0.387 e. The van der Waals surface area contributed by atoms with Gasteiger partial charge in [0.2, 0.25) is 0 Å². The number of hydrogen-bond acceptors (Lipinski definition) is 5. The summed E-state index contributed by atoms with van der Waals surface area (Å²) >= 11 is 1.37. The molecule has 2 aromatic carbocycles. The average molecular weight is 386 g/mol. The number of benzene rings is 2. The second-order valence-corrected chi connectivity index (χ2v) is 6.51. The Bertz CT molecular complexity index is 935. The first-order valence-corrected chi connectivity index (χ1v) is 8.94. The Hall–Kier alpha value is -3.06. The third-order valence-electron chi connectivity index (χ3n) is 3.66. The molecule has 7 heteroatoms. The summed E-state index contributed by atoms with van der Waals surface area (Å²) in [6.45, 7) is -0.884. The number of alkyl halides is 2. The zero-order valence-electron chi connectivity index (χ0n) is 14.4. The van der Waals surface area contributed by atoms with Gasteiger partial charge in [0.15, 0.2) is 10.9 Å². The van der Waals surface area contributed by atoms with Crippen molar-refractivity contribution >= 4 is 22.3 Å². The summed E-state index contributed by atoms with van der Waals surface area (Å²) in [6.07, 6.45) is 2.99. The third-order valence-corrected chi connectivity index (χ3v) is 4.43. The summed E-state index contributed by atoms with van der Waals surface area (Å²) in [5.74, 6) is -0.00576. The molecule has 0 spiro atoms.